The van der Waals surface area contributed by atoms with E-state index in [-0.39, 0.29) is 12.4 Å². The van der Waals surface area contributed by atoms with Crippen LogP contribution in [0.5, 0.6) is 0 Å². The zero-order valence-corrected chi connectivity index (χ0v) is 13.0. The van der Waals surface area contributed by atoms with Crippen LogP contribution < -0.4 is 10.6 Å². The molecule has 12 heteroatoms. The van der Waals surface area contributed by atoms with Gasteiger partial charge in [-0.2, -0.15) is 5.01 Å². The molecule has 3 amide bonds. The molecule has 0 spiro atoms. The molecule has 0 aromatic heterocycles. The number of ether oxygens (including phenoxy) is 1. The third-order valence-electron chi connectivity index (χ3n) is 3.19. The van der Waals surface area contributed by atoms with Crippen LogP contribution in [-0.2, 0) is 9.53 Å². The van der Waals surface area contributed by atoms with Crippen molar-refractivity contribution in [3.8, 4) is 0 Å². The van der Waals surface area contributed by atoms with Gasteiger partial charge in [-0.3, -0.25) is 4.79 Å². The first-order valence-electron chi connectivity index (χ1n) is 6.72. The van der Waals surface area contributed by atoms with E-state index < -0.39 is 49.1 Å². The number of nitrogens with one attached hydrogen (secondary N) is 2. The number of aliphatic hydroxyl groups excluding tert-OH is 3. The van der Waals surface area contributed by atoms with Crippen LogP contribution in [0.1, 0.15) is 6.92 Å². The number of urea groups is 1. The fourth-order valence-electron chi connectivity index (χ4n) is 2.09. The molecule has 0 aromatic carbocycles. The molecule has 1 rings (SSSR count). The summed E-state index contributed by atoms with van der Waals surface area (Å²) in [7, 11) is 0. The zero-order valence-electron chi connectivity index (χ0n) is 12.3. The Morgan fingerprint density at radius 2 is 1.96 bits per heavy atom. The van der Waals surface area contributed by atoms with Gasteiger partial charge in [-0.05, 0) is 0 Å². The summed E-state index contributed by atoms with van der Waals surface area (Å²) in [5, 5.41) is 36.6. The highest BCUT2D eigenvalue weighted by molar-refractivity contribution is 6.18. The van der Waals surface area contributed by atoms with Crippen molar-refractivity contribution in [2.75, 3.05) is 19.0 Å². The van der Waals surface area contributed by atoms with Gasteiger partial charge < -0.3 is 30.7 Å². The third kappa shape index (κ3) is 4.97. The number of carbonyl (C=O) groups is 2. The smallest absolute Gasteiger partial charge is 0.342 e. The van der Waals surface area contributed by atoms with Crippen LogP contribution in [0.15, 0.2) is 5.29 Å². The average molecular weight is 355 g/mol. The molecule has 132 valence electrons. The van der Waals surface area contributed by atoms with Crippen LogP contribution in [0.2, 0.25) is 0 Å². The van der Waals surface area contributed by atoms with Crippen molar-refractivity contribution < 1.29 is 29.6 Å². The van der Waals surface area contributed by atoms with E-state index in [9.17, 15) is 24.7 Å². The number of hydrogen-bond acceptors (Lipinski definition) is 8. The number of nitroso groups, excluding NO2 is 1. The maximum Gasteiger partial charge on any atom is 0.342 e. The van der Waals surface area contributed by atoms with Crippen molar-refractivity contribution in [3.63, 3.8) is 0 Å². The Hall–Kier alpha value is -1.53. The highest BCUT2D eigenvalue weighted by atomic mass is 35.5. The normalized spacial score (nSPS) is 30.4. The summed E-state index contributed by atoms with van der Waals surface area (Å²) in [4.78, 5) is 33.7. The summed E-state index contributed by atoms with van der Waals surface area (Å²) in [5.74, 6) is -0.585. The first-order chi connectivity index (χ1) is 10.8. The first kappa shape index (κ1) is 19.5. The van der Waals surface area contributed by atoms with E-state index in [1.54, 1.807) is 0 Å². The second kappa shape index (κ2) is 8.93. The van der Waals surface area contributed by atoms with Gasteiger partial charge in [0.1, 0.15) is 24.4 Å². The lowest BCUT2D eigenvalue weighted by Crippen LogP contribution is -2.68. The van der Waals surface area contributed by atoms with Gasteiger partial charge in [0, 0.05) is 12.8 Å². The highest BCUT2D eigenvalue weighted by Crippen LogP contribution is 2.20. The van der Waals surface area contributed by atoms with Gasteiger partial charge >= 0.3 is 6.03 Å². The second-order valence-corrected chi connectivity index (χ2v) is 5.21. The fraction of sp³-hybridized carbons (Fsp3) is 0.818. The molecule has 1 aliphatic rings. The monoisotopic (exact) mass is 354 g/mol. The average Bonchev–Trinajstić information content (AvgIpc) is 2.51. The summed E-state index contributed by atoms with van der Waals surface area (Å²) in [5.41, 5.74) is 0. The molecular formula is C11H19ClN4O7. The third-order valence-corrected chi connectivity index (χ3v) is 3.36. The number of aliphatic hydroxyl groups is 3. The lowest BCUT2D eigenvalue weighted by Gasteiger charge is -2.42. The topological polar surface area (TPSA) is 161 Å². The fourth-order valence-corrected chi connectivity index (χ4v) is 2.25. The number of amides is 3. The largest absolute Gasteiger partial charge is 0.394 e. The van der Waals surface area contributed by atoms with Gasteiger partial charge in [0.15, 0.2) is 6.23 Å². The van der Waals surface area contributed by atoms with E-state index >= 15 is 0 Å². The van der Waals surface area contributed by atoms with Crippen LogP contribution in [0.25, 0.3) is 0 Å². The molecule has 0 bridgehead atoms. The standard InChI is InChI=1S/C11H19ClN4O7/c1-5(18)13-7-9(20)8(19)6(4-17)23-10(7)14-11(21)16(15-22)3-2-12/h6-10,17,19-20H,2-4H2,1H3,(H,13,18)(H,14,21)/t6-,7-,8-,9-,10-/m1/s1. The number of carbonyl (C=O) groups excluding carboxylic acids is 2. The van der Waals surface area contributed by atoms with E-state index in [2.05, 4.69) is 15.9 Å². The van der Waals surface area contributed by atoms with Crippen molar-refractivity contribution >= 4 is 23.5 Å². The molecule has 1 aliphatic heterocycles. The molecule has 11 nitrogen and oxygen atoms in total. The van der Waals surface area contributed by atoms with E-state index in [1.165, 1.54) is 6.92 Å². The number of alkyl halides is 1. The predicted octanol–water partition coefficient (Wildman–Crippen LogP) is -2.14. The maximum absolute atomic E-state index is 11.9. The Morgan fingerprint density at radius 1 is 1.30 bits per heavy atom. The van der Waals surface area contributed by atoms with E-state index in [4.69, 9.17) is 21.4 Å². The number of rotatable bonds is 6. The molecule has 1 saturated heterocycles. The van der Waals surface area contributed by atoms with Gasteiger partial charge in [0.25, 0.3) is 0 Å². The molecule has 0 radical (unpaired) electrons. The second-order valence-electron chi connectivity index (χ2n) is 4.83. The number of nitrogens with zero attached hydrogens (tertiary/aromatic N) is 2. The molecule has 5 N–H and O–H groups in total. The minimum absolute atomic E-state index is 0.0413. The molecular weight excluding hydrogens is 336 g/mol. The predicted molar refractivity (Wildman–Crippen MR) is 77.1 cm³/mol. The molecule has 1 fully saturated rings. The summed E-state index contributed by atoms with van der Waals surface area (Å²) < 4.78 is 5.27. The van der Waals surface area contributed by atoms with Crippen molar-refractivity contribution in [2.45, 2.75) is 37.5 Å². The van der Waals surface area contributed by atoms with Crippen LogP contribution in [0, 0.1) is 4.91 Å². The van der Waals surface area contributed by atoms with Crippen molar-refractivity contribution in [1.82, 2.24) is 15.6 Å². The minimum Gasteiger partial charge on any atom is -0.394 e. The SMILES string of the molecule is CC(=O)N[C@@H]1[C@@H](O)[C@H](O)[C@@H](CO)O[C@H]1NC(=O)N(CCCl)N=O. The van der Waals surface area contributed by atoms with Crippen LogP contribution >= 0.6 is 11.6 Å². The van der Waals surface area contributed by atoms with Gasteiger partial charge in [0.2, 0.25) is 5.91 Å². The minimum atomic E-state index is -1.51. The molecule has 0 unspecified atom stereocenters. The van der Waals surface area contributed by atoms with E-state index in [0.29, 0.717) is 5.01 Å². The summed E-state index contributed by atoms with van der Waals surface area (Å²) in [6.45, 7) is 0.376. The van der Waals surface area contributed by atoms with Crippen LogP contribution in [-0.4, -0.2) is 81.9 Å². The molecule has 0 saturated carbocycles. The lowest BCUT2D eigenvalue weighted by molar-refractivity contribution is -0.199. The Balaban J connectivity index is 2.90. The number of hydrogen-bond donors (Lipinski definition) is 5. The Labute approximate surface area is 136 Å². The molecule has 0 aromatic rings. The Morgan fingerprint density at radius 3 is 2.43 bits per heavy atom. The van der Waals surface area contributed by atoms with Gasteiger partial charge in [-0.15, -0.1) is 16.5 Å². The first-order valence-corrected chi connectivity index (χ1v) is 7.26. The van der Waals surface area contributed by atoms with Crippen molar-refractivity contribution in [1.29, 1.82) is 0 Å². The molecule has 0 aliphatic carbocycles. The Bertz CT molecular complexity index is 441. The summed E-state index contributed by atoms with van der Waals surface area (Å²) >= 11 is 5.43. The zero-order chi connectivity index (χ0) is 17.6. The van der Waals surface area contributed by atoms with Crippen LogP contribution in [0.3, 0.4) is 0 Å². The van der Waals surface area contributed by atoms with Crippen LogP contribution in [0.4, 0.5) is 4.79 Å². The summed E-state index contributed by atoms with van der Waals surface area (Å²) in [6, 6.07) is -2.17. The van der Waals surface area contributed by atoms with Gasteiger partial charge in [-0.1, -0.05) is 0 Å². The molecule has 5 atom stereocenters. The lowest BCUT2D eigenvalue weighted by atomic mass is 9.96. The molecule has 1 heterocycles. The Kier molecular flexibility index (Phi) is 7.58. The number of halogens is 1. The highest BCUT2D eigenvalue weighted by Gasteiger charge is 2.45. The summed E-state index contributed by atoms with van der Waals surface area (Å²) in [6.07, 6.45) is -5.48. The van der Waals surface area contributed by atoms with Crippen molar-refractivity contribution in [3.05, 3.63) is 4.91 Å². The van der Waals surface area contributed by atoms with E-state index in [0.717, 1.165) is 0 Å². The van der Waals surface area contributed by atoms with E-state index in [1.807, 2.05) is 0 Å². The maximum atomic E-state index is 11.9. The molecule has 23 heavy (non-hydrogen) atoms. The quantitative estimate of drug-likeness (QED) is 0.206. The van der Waals surface area contributed by atoms with Crippen molar-refractivity contribution in [2.24, 2.45) is 5.29 Å². The van der Waals surface area contributed by atoms with Gasteiger partial charge in [0.05, 0.1) is 18.4 Å². The van der Waals surface area contributed by atoms with Gasteiger partial charge in [-0.25, -0.2) is 4.79 Å².